The Hall–Kier alpha value is -3.31. The Labute approximate surface area is 200 Å². The van der Waals surface area contributed by atoms with Crippen LogP contribution in [-0.4, -0.2) is 55.1 Å². The summed E-state index contributed by atoms with van der Waals surface area (Å²) in [5.74, 6) is 1.51. The molecule has 0 atom stereocenters. The summed E-state index contributed by atoms with van der Waals surface area (Å²) >= 11 is 0. The van der Waals surface area contributed by atoms with Gasteiger partial charge in [0.2, 0.25) is 0 Å². The van der Waals surface area contributed by atoms with Crippen LogP contribution in [0.15, 0.2) is 78.9 Å². The van der Waals surface area contributed by atoms with Crippen molar-refractivity contribution >= 4 is 5.91 Å². The summed E-state index contributed by atoms with van der Waals surface area (Å²) in [5, 5.41) is 0. The van der Waals surface area contributed by atoms with Crippen molar-refractivity contribution in [3.63, 3.8) is 0 Å². The molecule has 0 radical (unpaired) electrons. The Balaban J connectivity index is 1.16. The van der Waals surface area contributed by atoms with Crippen molar-refractivity contribution in [1.82, 2.24) is 9.80 Å². The van der Waals surface area contributed by atoms with Gasteiger partial charge in [-0.05, 0) is 42.2 Å². The lowest BCUT2D eigenvalue weighted by molar-refractivity contribution is 0.0597. The van der Waals surface area contributed by atoms with E-state index in [1.54, 1.807) is 0 Å². The highest BCUT2D eigenvalue weighted by molar-refractivity contribution is 5.95. The first-order valence-electron chi connectivity index (χ1n) is 12.2. The van der Waals surface area contributed by atoms with Crippen LogP contribution in [0.1, 0.15) is 40.4 Å². The summed E-state index contributed by atoms with van der Waals surface area (Å²) in [6.07, 6.45) is 2.31. The van der Waals surface area contributed by atoms with Crippen molar-refractivity contribution in [1.29, 1.82) is 0 Å². The summed E-state index contributed by atoms with van der Waals surface area (Å²) in [6.45, 7) is 4.44. The highest BCUT2D eigenvalue weighted by Crippen LogP contribution is 2.49. The predicted octanol–water partition coefficient (Wildman–Crippen LogP) is 4.79. The van der Waals surface area contributed by atoms with Crippen LogP contribution in [-0.2, 0) is 0 Å². The molecule has 34 heavy (non-hydrogen) atoms. The molecular formula is C29H30N2O3. The van der Waals surface area contributed by atoms with Crippen molar-refractivity contribution in [2.45, 2.75) is 18.9 Å². The van der Waals surface area contributed by atoms with E-state index in [1.807, 2.05) is 23.1 Å². The van der Waals surface area contributed by atoms with Gasteiger partial charge < -0.3 is 14.4 Å². The molecule has 5 heteroatoms. The van der Waals surface area contributed by atoms with Gasteiger partial charge in [0.15, 0.2) is 11.5 Å². The lowest BCUT2D eigenvalue weighted by Gasteiger charge is -2.39. The topological polar surface area (TPSA) is 42.0 Å². The lowest BCUT2D eigenvalue weighted by Crippen LogP contribution is -2.49. The molecule has 0 unspecified atom stereocenters. The Morgan fingerprint density at radius 3 is 1.91 bits per heavy atom. The first-order valence-corrected chi connectivity index (χ1v) is 12.2. The Bertz CT molecular complexity index is 1110. The number of rotatable bonds is 4. The van der Waals surface area contributed by atoms with Crippen LogP contribution < -0.4 is 9.47 Å². The second-order valence-corrected chi connectivity index (χ2v) is 9.79. The monoisotopic (exact) mass is 454 g/mol. The van der Waals surface area contributed by atoms with Crippen molar-refractivity contribution in [3.8, 4) is 11.5 Å². The summed E-state index contributed by atoms with van der Waals surface area (Å²) in [6, 6.07) is 27.1. The molecule has 3 aliphatic rings. The Morgan fingerprint density at radius 2 is 1.32 bits per heavy atom. The zero-order chi connectivity index (χ0) is 23.0. The maximum absolute atomic E-state index is 13.3. The number of piperazine rings is 1. The van der Waals surface area contributed by atoms with E-state index in [0.29, 0.717) is 37.6 Å². The summed E-state index contributed by atoms with van der Waals surface area (Å²) in [4.78, 5) is 17.8. The number of fused-ring (bicyclic) bond motifs is 1. The van der Waals surface area contributed by atoms with E-state index in [-0.39, 0.29) is 17.4 Å². The average molecular weight is 455 g/mol. The van der Waals surface area contributed by atoms with Gasteiger partial charge >= 0.3 is 0 Å². The fourth-order valence-corrected chi connectivity index (χ4v) is 5.09. The molecular weight excluding hydrogens is 424 g/mol. The van der Waals surface area contributed by atoms with E-state index in [0.717, 1.165) is 31.7 Å². The number of nitrogens with zero attached hydrogens (tertiary/aromatic N) is 2. The largest absolute Gasteiger partial charge is 0.489 e. The zero-order valence-electron chi connectivity index (χ0n) is 19.4. The zero-order valence-corrected chi connectivity index (χ0v) is 19.4. The molecule has 0 N–H and O–H groups in total. The standard InChI is InChI=1S/C29H30N2O3/c32-28(24-11-12-25-26(19-24)34-21-29(13-14-29)20-33-25)31-17-15-30(16-18-31)27(22-7-3-1-4-8-22)23-9-5-2-6-10-23/h1-12,19,27H,13-18,20-21H2. The van der Waals surface area contributed by atoms with Crippen molar-refractivity contribution in [3.05, 3.63) is 95.6 Å². The van der Waals surface area contributed by atoms with Crippen LogP contribution in [0.2, 0.25) is 0 Å². The molecule has 6 rings (SSSR count). The van der Waals surface area contributed by atoms with Crippen molar-refractivity contribution in [2.24, 2.45) is 5.41 Å². The lowest BCUT2D eigenvalue weighted by atomic mass is 9.96. The molecule has 1 saturated carbocycles. The van der Waals surface area contributed by atoms with Crippen molar-refractivity contribution < 1.29 is 14.3 Å². The minimum absolute atomic E-state index is 0.0624. The molecule has 3 aromatic rings. The van der Waals surface area contributed by atoms with Crippen LogP contribution in [0.5, 0.6) is 11.5 Å². The van der Waals surface area contributed by atoms with Gasteiger partial charge in [0.25, 0.3) is 5.91 Å². The molecule has 1 spiro atoms. The van der Waals surface area contributed by atoms with E-state index >= 15 is 0 Å². The molecule has 1 aliphatic carbocycles. The van der Waals surface area contributed by atoms with Gasteiger partial charge in [-0.3, -0.25) is 9.69 Å². The third kappa shape index (κ3) is 4.16. The minimum atomic E-state index is 0.0624. The molecule has 5 nitrogen and oxygen atoms in total. The smallest absolute Gasteiger partial charge is 0.254 e. The molecule has 2 heterocycles. The molecule has 2 aliphatic heterocycles. The van der Waals surface area contributed by atoms with Crippen LogP contribution in [0.3, 0.4) is 0 Å². The molecule has 2 fully saturated rings. The quantitative estimate of drug-likeness (QED) is 0.569. The van der Waals surface area contributed by atoms with E-state index in [9.17, 15) is 4.79 Å². The number of carbonyl (C=O) groups excluding carboxylic acids is 1. The van der Waals surface area contributed by atoms with E-state index in [4.69, 9.17) is 9.47 Å². The van der Waals surface area contributed by atoms with E-state index < -0.39 is 0 Å². The molecule has 1 amide bonds. The Kier molecular flexibility index (Phi) is 5.50. The SMILES string of the molecule is O=C(c1ccc2c(c1)OCC1(CC1)CO2)N1CCN(C(c2ccccc2)c2ccccc2)CC1. The first kappa shape index (κ1) is 21.2. The highest BCUT2D eigenvalue weighted by atomic mass is 16.5. The van der Waals surface area contributed by atoms with Gasteiger partial charge in [0.1, 0.15) is 0 Å². The van der Waals surface area contributed by atoms with E-state index in [2.05, 4.69) is 65.6 Å². The third-order valence-electron chi connectivity index (χ3n) is 7.41. The first-order chi connectivity index (χ1) is 16.7. The van der Waals surface area contributed by atoms with Gasteiger partial charge in [-0.2, -0.15) is 0 Å². The number of ether oxygens (including phenoxy) is 2. The van der Waals surface area contributed by atoms with Crippen LogP contribution in [0.25, 0.3) is 0 Å². The predicted molar refractivity (Wildman–Crippen MR) is 131 cm³/mol. The average Bonchev–Trinajstić information content (AvgIpc) is 3.70. The number of carbonyl (C=O) groups is 1. The number of amides is 1. The molecule has 3 aromatic carbocycles. The van der Waals surface area contributed by atoms with Gasteiger partial charge in [-0.25, -0.2) is 0 Å². The highest BCUT2D eigenvalue weighted by Gasteiger charge is 2.46. The van der Waals surface area contributed by atoms with Gasteiger partial charge in [0, 0.05) is 37.2 Å². The summed E-state index contributed by atoms with van der Waals surface area (Å²) in [7, 11) is 0. The second kappa shape index (κ2) is 8.80. The second-order valence-electron chi connectivity index (χ2n) is 9.79. The van der Waals surface area contributed by atoms with Gasteiger partial charge in [-0.1, -0.05) is 60.7 Å². The van der Waals surface area contributed by atoms with Crippen LogP contribution in [0.4, 0.5) is 0 Å². The maximum atomic E-state index is 13.3. The maximum Gasteiger partial charge on any atom is 0.254 e. The molecule has 0 bridgehead atoms. The van der Waals surface area contributed by atoms with Crippen LogP contribution >= 0.6 is 0 Å². The molecule has 0 aromatic heterocycles. The van der Waals surface area contributed by atoms with Gasteiger partial charge in [-0.15, -0.1) is 0 Å². The number of benzene rings is 3. The number of hydrogen-bond acceptors (Lipinski definition) is 4. The summed E-state index contributed by atoms with van der Waals surface area (Å²) in [5.41, 5.74) is 3.42. The Morgan fingerprint density at radius 1 is 0.735 bits per heavy atom. The molecule has 174 valence electrons. The minimum Gasteiger partial charge on any atom is -0.489 e. The molecule has 1 saturated heterocycles. The van der Waals surface area contributed by atoms with Crippen LogP contribution in [0, 0.1) is 5.41 Å². The fourth-order valence-electron chi connectivity index (χ4n) is 5.09. The van der Waals surface area contributed by atoms with Gasteiger partial charge in [0.05, 0.1) is 19.3 Å². The third-order valence-corrected chi connectivity index (χ3v) is 7.41. The van der Waals surface area contributed by atoms with E-state index in [1.165, 1.54) is 11.1 Å². The number of hydrogen-bond donors (Lipinski definition) is 0. The fraction of sp³-hybridized carbons (Fsp3) is 0.345. The summed E-state index contributed by atoms with van der Waals surface area (Å²) < 4.78 is 12.0. The normalized spacial score (nSPS) is 19.1. The van der Waals surface area contributed by atoms with Crippen molar-refractivity contribution in [2.75, 3.05) is 39.4 Å².